The maximum atomic E-state index is 12.3. The number of halogens is 1. The van der Waals surface area contributed by atoms with Crippen molar-refractivity contribution in [3.8, 4) is 5.75 Å². The quantitative estimate of drug-likeness (QED) is 0.863. The molecule has 1 fully saturated rings. The Kier molecular flexibility index (Phi) is 5.85. The van der Waals surface area contributed by atoms with Gasteiger partial charge in [-0.3, -0.25) is 4.79 Å². The third kappa shape index (κ3) is 4.33. The summed E-state index contributed by atoms with van der Waals surface area (Å²) in [6, 6.07) is 7.27. The smallest absolute Gasteiger partial charge is 0.229 e. The Morgan fingerprint density at radius 3 is 2.81 bits per heavy atom. The third-order valence-corrected chi connectivity index (χ3v) is 3.91. The van der Waals surface area contributed by atoms with Crippen molar-refractivity contribution in [3.05, 3.63) is 29.3 Å². The second kappa shape index (κ2) is 7.64. The van der Waals surface area contributed by atoms with Crippen molar-refractivity contribution < 1.29 is 14.3 Å². The number of benzene rings is 1. The topological polar surface area (TPSA) is 50.8 Å². The second-order valence-corrected chi connectivity index (χ2v) is 5.54. The van der Waals surface area contributed by atoms with Gasteiger partial charge >= 0.3 is 0 Å². The summed E-state index contributed by atoms with van der Waals surface area (Å²) in [7, 11) is 3.64. The summed E-state index contributed by atoms with van der Waals surface area (Å²) >= 11 is 5.81. The summed E-state index contributed by atoms with van der Waals surface area (Å²) in [5.74, 6) is 0.722. The van der Waals surface area contributed by atoms with Gasteiger partial charge in [-0.25, -0.2) is 0 Å². The number of likely N-dealkylation sites (N-methyl/N-ethyl adjacent to an activating group) is 2. The molecule has 21 heavy (non-hydrogen) atoms. The lowest BCUT2D eigenvalue weighted by Crippen LogP contribution is -2.44. The molecule has 1 aromatic rings. The normalized spacial score (nSPS) is 21.3. The molecule has 0 radical (unpaired) electrons. The van der Waals surface area contributed by atoms with Gasteiger partial charge in [0.05, 0.1) is 25.7 Å². The first kappa shape index (κ1) is 16.1. The molecule has 0 bridgehead atoms. The number of carbonyl (C=O) groups excluding carboxylic acids is 1. The molecule has 6 heteroatoms. The van der Waals surface area contributed by atoms with E-state index in [2.05, 4.69) is 5.32 Å². The molecule has 1 aromatic carbocycles. The maximum Gasteiger partial charge on any atom is 0.229 e. The van der Waals surface area contributed by atoms with E-state index in [1.54, 1.807) is 24.1 Å². The molecule has 1 aliphatic heterocycles. The lowest BCUT2D eigenvalue weighted by Gasteiger charge is -2.23. The van der Waals surface area contributed by atoms with Gasteiger partial charge in [-0.1, -0.05) is 11.6 Å². The average molecular weight is 313 g/mol. The first-order valence-corrected chi connectivity index (χ1v) is 7.38. The van der Waals surface area contributed by atoms with Gasteiger partial charge in [0, 0.05) is 18.1 Å². The Morgan fingerprint density at radius 2 is 2.14 bits per heavy atom. The zero-order chi connectivity index (χ0) is 15.2. The summed E-state index contributed by atoms with van der Waals surface area (Å²) in [6.45, 7) is 2.05. The van der Waals surface area contributed by atoms with E-state index >= 15 is 0 Å². The van der Waals surface area contributed by atoms with Crippen LogP contribution in [0.15, 0.2) is 24.3 Å². The van der Waals surface area contributed by atoms with Gasteiger partial charge < -0.3 is 19.7 Å². The number of amides is 1. The number of hydrogen-bond donors (Lipinski definition) is 1. The van der Waals surface area contributed by atoms with Crippen molar-refractivity contribution in [1.82, 2.24) is 10.2 Å². The standard InChI is InChI=1S/C15H21ClN2O3/c1-17-14-10-20-9-13(14)15(19)18(2)7-8-21-12-5-3-11(16)4-6-12/h3-6,13-14,17H,7-10H2,1-2H3. The molecule has 0 spiro atoms. The molecule has 1 heterocycles. The Hall–Kier alpha value is -1.30. The Bertz CT molecular complexity index is 466. The summed E-state index contributed by atoms with van der Waals surface area (Å²) < 4.78 is 11.0. The van der Waals surface area contributed by atoms with E-state index in [-0.39, 0.29) is 17.9 Å². The Morgan fingerprint density at radius 1 is 1.43 bits per heavy atom. The van der Waals surface area contributed by atoms with E-state index < -0.39 is 0 Å². The molecule has 0 aromatic heterocycles. The predicted octanol–water partition coefficient (Wildman–Crippen LogP) is 1.41. The van der Waals surface area contributed by atoms with Crippen LogP contribution in [0.2, 0.25) is 5.02 Å². The highest BCUT2D eigenvalue weighted by molar-refractivity contribution is 6.30. The highest BCUT2D eigenvalue weighted by Gasteiger charge is 2.34. The molecule has 1 saturated heterocycles. The molecule has 1 amide bonds. The van der Waals surface area contributed by atoms with Gasteiger partial charge in [0.15, 0.2) is 0 Å². The van der Waals surface area contributed by atoms with Crippen LogP contribution in [0.5, 0.6) is 5.75 Å². The monoisotopic (exact) mass is 312 g/mol. The molecule has 0 aliphatic carbocycles. The molecular weight excluding hydrogens is 292 g/mol. The predicted molar refractivity (Wildman–Crippen MR) is 81.7 cm³/mol. The highest BCUT2D eigenvalue weighted by atomic mass is 35.5. The largest absolute Gasteiger partial charge is 0.492 e. The minimum atomic E-state index is -0.115. The van der Waals surface area contributed by atoms with Gasteiger partial charge in [-0.2, -0.15) is 0 Å². The minimum absolute atomic E-state index is 0.0894. The summed E-state index contributed by atoms with van der Waals surface area (Å²) in [5.41, 5.74) is 0. The SMILES string of the molecule is CNC1COCC1C(=O)N(C)CCOc1ccc(Cl)cc1. The van der Waals surface area contributed by atoms with Crippen molar-refractivity contribution in [2.75, 3.05) is 40.5 Å². The van der Waals surface area contributed by atoms with Gasteiger partial charge in [0.1, 0.15) is 12.4 Å². The number of nitrogens with zero attached hydrogens (tertiary/aromatic N) is 1. The van der Waals surface area contributed by atoms with Gasteiger partial charge in [-0.15, -0.1) is 0 Å². The first-order valence-electron chi connectivity index (χ1n) is 7.00. The molecular formula is C15H21ClN2O3. The van der Waals surface area contributed by atoms with Crippen molar-refractivity contribution in [2.24, 2.45) is 5.92 Å². The molecule has 1 aliphatic rings. The molecule has 5 nitrogen and oxygen atoms in total. The van der Waals surface area contributed by atoms with E-state index in [9.17, 15) is 4.79 Å². The van der Waals surface area contributed by atoms with Crippen LogP contribution >= 0.6 is 11.6 Å². The van der Waals surface area contributed by atoms with E-state index in [4.69, 9.17) is 21.1 Å². The second-order valence-electron chi connectivity index (χ2n) is 5.10. The summed E-state index contributed by atoms with van der Waals surface area (Å²) in [6.07, 6.45) is 0. The molecule has 2 atom stereocenters. The van der Waals surface area contributed by atoms with Crippen LogP contribution in [0.1, 0.15) is 0 Å². The van der Waals surface area contributed by atoms with E-state index in [0.717, 1.165) is 5.75 Å². The zero-order valence-corrected chi connectivity index (χ0v) is 13.1. The highest BCUT2D eigenvalue weighted by Crippen LogP contribution is 2.17. The number of ether oxygens (including phenoxy) is 2. The van der Waals surface area contributed by atoms with Crippen LogP contribution in [0.3, 0.4) is 0 Å². The molecule has 2 rings (SSSR count). The van der Waals surface area contributed by atoms with Crippen LogP contribution in [0.4, 0.5) is 0 Å². The van der Waals surface area contributed by atoms with Crippen molar-refractivity contribution in [1.29, 1.82) is 0 Å². The molecule has 1 N–H and O–H groups in total. The van der Waals surface area contributed by atoms with Crippen LogP contribution in [0, 0.1) is 5.92 Å². The van der Waals surface area contributed by atoms with Crippen LogP contribution < -0.4 is 10.1 Å². The Balaban J connectivity index is 1.77. The van der Waals surface area contributed by atoms with E-state index in [1.165, 1.54) is 0 Å². The first-order chi connectivity index (χ1) is 10.1. The summed E-state index contributed by atoms with van der Waals surface area (Å²) in [4.78, 5) is 14.0. The molecule has 0 saturated carbocycles. The lowest BCUT2D eigenvalue weighted by atomic mass is 10.0. The van der Waals surface area contributed by atoms with Gasteiger partial charge in [0.25, 0.3) is 0 Å². The number of rotatable bonds is 6. The van der Waals surface area contributed by atoms with Crippen LogP contribution in [0.25, 0.3) is 0 Å². The fourth-order valence-electron chi connectivity index (χ4n) is 2.31. The number of nitrogens with one attached hydrogen (secondary N) is 1. The lowest BCUT2D eigenvalue weighted by molar-refractivity contribution is -0.134. The fraction of sp³-hybridized carbons (Fsp3) is 0.533. The third-order valence-electron chi connectivity index (χ3n) is 3.65. The maximum absolute atomic E-state index is 12.3. The van der Waals surface area contributed by atoms with Crippen molar-refractivity contribution in [2.45, 2.75) is 6.04 Å². The number of carbonyl (C=O) groups is 1. The van der Waals surface area contributed by atoms with Crippen LogP contribution in [-0.2, 0) is 9.53 Å². The zero-order valence-electron chi connectivity index (χ0n) is 12.3. The van der Waals surface area contributed by atoms with Crippen LogP contribution in [-0.4, -0.2) is 57.3 Å². The van der Waals surface area contributed by atoms with E-state index in [1.807, 2.05) is 19.2 Å². The fourth-order valence-corrected chi connectivity index (χ4v) is 2.43. The Labute approximate surface area is 130 Å². The van der Waals surface area contributed by atoms with E-state index in [0.29, 0.717) is 31.4 Å². The molecule has 116 valence electrons. The van der Waals surface area contributed by atoms with Crippen molar-refractivity contribution >= 4 is 17.5 Å². The number of hydrogen-bond acceptors (Lipinski definition) is 4. The van der Waals surface area contributed by atoms with Gasteiger partial charge in [-0.05, 0) is 31.3 Å². The van der Waals surface area contributed by atoms with Crippen molar-refractivity contribution in [3.63, 3.8) is 0 Å². The minimum Gasteiger partial charge on any atom is -0.492 e. The average Bonchev–Trinajstić information content (AvgIpc) is 2.96. The summed E-state index contributed by atoms with van der Waals surface area (Å²) in [5, 5.41) is 3.80. The molecule has 2 unspecified atom stereocenters. The van der Waals surface area contributed by atoms with Gasteiger partial charge in [0.2, 0.25) is 5.91 Å².